The Kier molecular flexibility index (Phi) is 2.71. The van der Waals surface area contributed by atoms with Gasteiger partial charge in [-0.25, -0.2) is 4.98 Å². The monoisotopic (exact) mass is 294 g/mol. The molecule has 90 valence electrons. The largest absolute Gasteiger partial charge is 0.438 e. The first kappa shape index (κ1) is 11.2. The van der Waals surface area contributed by atoms with E-state index in [9.17, 15) is 0 Å². The highest BCUT2D eigenvalue weighted by atomic mass is 79.9. The standard InChI is InChI=1S/C13H15BrN2O/c1-7-6-8(2)11-12(10(7)14)17-13(16-11)9-4-3-5-15-9/h6,9,15H,3-5H2,1-2H3. The van der Waals surface area contributed by atoms with Gasteiger partial charge in [-0.15, -0.1) is 0 Å². The predicted molar refractivity (Wildman–Crippen MR) is 71.2 cm³/mol. The molecule has 3 nitrogen and oxygen atoms in total. The van der Waals surface area contributed by atoms with Crippen molar-refractivity contribution in [2.24, 2.45) is 0 Å². The Morgan fingerprint density at radius 2 is 2.24 bits per heavy atom. The Balaban J connectivity index is 2.17. The van der Waals surface area contributed by atoms with Crippen molar-refractivity contribution in [1.29, 1.82) is 0 Å². The van der Waals surface area contributed by atoms with E-state index in [0.29, 0.717) is 0 Å². The van der Waals surface area contributed by atoms with E-state index in [1.54, 1.807) is 0 Å². The predicted octanol–water partition coefficient (Wildman–Crippen LogP) is 3.63. The van der Waals surface area contributed by atoms with Crippen LogP contribution in [0.25, 0.3) is 11.1 Å². The van der Waals surface area contributed by atoms with Crippen LogP contribution in [0.15, 0.2) is 15.0 Å². The third-order valence-corrected chi connectivity index (χ3v) is 4.34. The van der Waals surface area contributed by atoms with Crippen molar-refractivity contribution in [3.8, 4) is 0 Å². The molecule has 1 unspecified atom stereocenters. The van der Waals surface area contributed by atoms with Crippen LogP contribution in [0.1, 0.15) is 35.9 Å². The first-order valence-electron chi connectivity index (χ1n) is 5.96. The van der Waals surface area contributed by atoms with Crippen LogP contribution >= 0.6 is 15.9 Å². The number of hydrogen-bond acceptors (Lipinski definition) is 3. The van der Waals surface area contributed by atoms with Crippen molar-refractivity contribution in [3.63, 3.8) is 0 Å². The number of aromatic nitrogens is 1. The summed E-state index contributed by atoms with van der Waals surface area (Å²) in [5.41, 5.74) is 4.23. The maximum Gasteiger partial charge on any atom is 0.212 e. The number of oxazole rings is 1. The maximum absolute atomic E-state index is 5.92. The molecule has 2 heterocycles. The van der Waals surface area contributed by atoms with E-state index >= 15 is 0 Å². The van der Waals surface area contributed by atoms with Gasteiger partial charge in [-0.2, -0.15) is 0 Å². The lowest BCUT2D eigenvalue weighted by molar-refractivity contribution is 0.451. The van der Waals surface area contributed by atoms with Crippen LogP contribution in [0.5, 0.6) is 0 Å². The highest BCUT2D eigenvalue weighted by Crippen LogP contribution is 2.33. The molecule has 0 spiro atoms. The molecule has 1 saturated heterocycles. The first-order chi connectivity index (χ1) is 8.16. The molecular weight excluding hydrogens is 280 g/mol. The number of aryl methyl sites for hydroxylation is 2. The second-order valence-corrected chi connectivity index (χ2v) is 5.50. The normalized spacial score (nSPS) is 20.3. The van der Waals surface area contributed by atoms with Gasteiger partial charge in [-0.1, -0.05) is 6.07 Å². The molecule has 1 fully saturated rings. The molecule has 1 aliphatic rings. The van der Waals surface area contributed by atoms with E-state index in [1.165, 1.54) is 17.5 Å². The molecule has 17 heavy (non-hydrogen) atoms. The van der Waals surface area contributed by atoms with Crippen LogP contribution in [0, 0.1) is 13.8 Å². The average molecular weight is 295 g/mol. The number of hydrogen-bond donors (Lipinski definition) is 1. The van der Waals surface area contributed by atoms with Crippen LogP contribution in [-0.4, -0.2) is 11.5 Å². The van der Waals surface area contributed by atoms with Crippen molar-refractivity contribution >= 4 is 27.0 Å². The average Bonchev–Trinajstić information content (AvgIpc) is 2.94. The Labute approximate surface area is 109 Å². The van der Waals surface area contributed by atoms with E-state index in [-0.39, 0.29) is 6.04 Å². The van der Waals surface area contributed by atoms with Gasteiger partial charge in [0.25, 0.3) is 0 Å². The van der Waals surface area contributed by atoms with E-state index < -0.39 is 0 Å². The minimum Gasteiger partial charge on any atom is -0.438 e. The highest BCUT2D eigenvalue weighted by Gasteiger charge is 2.23. The molecule has 0 bridgehead atoms. The van der Waals surface area contributed by atoms with Gasteiger partial charge in [0.1, 0.15) is 5.52 Å². The Morgan fingerprint density at radius 3 is 2.94 bits per heavy atom. The van der Waals surface area contributed by atoms with Crippen molar-refractivity contribution in [2.75, 3.05) is 6.54 Å². The second kappa shape index (κ2) is 4.10. The topological polar surface area (TPSA) is 38.1 Å². The molecule has 1 aromatic carbocycles. The number of nitrogens with zero attached hydrogens (tertiary/aromatic N) is 1. The van der Waals surface area contributed by atoms with Crippen LogP contribution in [0.4, 0.5) is 0 Å². The van der Waals surface area contributed by atoms with E-state index in [0.717, 1.165) is 34.4 Å². The highest BCUT2D eigenvalue weighted by molar-refractivity contribution is 9.10. The van der Waals surface area contributed by atoms with Crippen LogP contribution in [-0.2, 0) is 0 Å². The number of rotatable bonds is 1. The van der Waals surface area contributed by atoms with Crippen molar-refractivity contribution < 1.29 is 4.42 Å². The number of benzene rings is 1. The van der Waals surface area contributed by atoms with Crippen LogP contribution < -0.4 is 5.32 Å². The minimum absolute atomic E-state index is 0.286. The molecule has 0 aliphatic carbocycles. The molecule has 0 amide bonds. The minimum atomic E-state index is 0.286. The number of fused-ring (bicyclic) bond motifs is 1. The van der Waals surface area contributed by atoms with Gasteiger partial charge in [0, 0.05) is 0 Å². The second-order valence-electron chi connectivity index (χ2n) is 4.70. The van der Waals surface area contributed by atoms with Crippen LogP contribution in [0.2, 0.25) is 0 Å². The van der Waals surface area contributed by atoms with Gasteiger partial charge in [0.15, 0.2) is 5.58 Å². The molecule has 3 rings (SSSR count). The summed E-state index contributed by atoms with van der Waals surface area (Å²) in [7, 11) is 0. The fourth-order valence-electron chi connectivity index (χ4n) is 2.43. The van der Waals surface area contributed by atoms with Gasteiger partial charge in [0.2, 0.25) is 5.89 Å². The molecule has 4 heteroatoms. The fourth-order valence-corrected chi connectivity index (χ4v) is 2.82. The summed E-state index contributed by atoms with van der Waals surface area (Å²) >= 11 is 3.58. The van der Waals surface area contributed by atoms with Crippen molar-refractivity contribution in [1.82, 2.24) is 10.3 Å². The summed E-state index contributed by atoms with van der Waals surface area (Å²) in [5.74, 6) is 0.826. The summed E-state index contributed by atoms with van der Waals surface area (Å²) in [4.78, 5) is 4.64. The Bertz CT molecular complexity index is 570. The zero-order chi connectivity index (χ0) is 12.0. The molecule has 1 aliphatic heterocycles. The number of nitrogens with one attached hydrogen (secondary N) is 1. The third kappa shape index (κ3) is 1.79. The Hall–Kier alpha value is -0.870. The zero-order valence-electron chi connectivity index (χ0n) is 10.0. The van der Waals surface area contributed by atoms with Gasteiger partial charge in [-0.3, -0.25) is 0 Å². The van der Waals surface area contributed by atoms with E-state index in [2.05, 4.69) is 46.1 Å². The van der Waals surface area contributed by atoms with Crippen molar-refractivity contribution in [2.45, 2.75) is 32.7 Å². The molecule has 0 radical (unpaired) electrons. The summed E-state index contributed by atoms with van der Waals surface area (Å²) in [5, 5.41) is 3.42. The lowest BCUT2D eigenvalue weighted by atomic mass is 10.1. The molecular formula is C13H15BrN2O. The number of halogens is 1. The summed E-state index contributed by atoms with van der Waals surface area (Å²) in [6.45, 7) is 5.21. The molecule has 2 aromatic rings. The molecule has 1 atom stereocenters. The summed E-state index contributed by atoms with van der Waals surface area (Å²) in [6.07, 6.45) is 2.31. The lowest BCUT2D eigenvalue weighted by Crippen LogP contribution is -2.12. The first-order valence-corrected chi connectivity index (χ1v) is 6.75. The van der Waals surface area contributed by atoms with E-state index in [1.807, 2.05) is 0 Å². The quantitative estimate of drug-likeness (QED) is 0.873. The zero-order valence-corrected chi connectivity index (χ0v) is 11.6. The molecule has 0 saturated carbocycles. The van der Waals surface area contributed by atoms with E-state index in [4.69, 9.17) is 4.42 Å². The smallest absolute Gasteiger partial charge is 0.212 e. The van der Waals surface area contributed by atoms with Crippen molar-refractivity contribution in [3.05, 3.63) is 27.6 Å². The van der Waals surface area contributed by atoms with Gasteiger partial charge >= 0.3 is 0 Å². The summed E-state index contributed by atoms with van der Waals surface area (Å²) in [6, 6.07) is 2.43. The fraction of sp³-hybridized carbons (Fsp3) is 0.462. The third-order valence-electron chi connectivity index (χ3n) is 3.35. The molecule has 1 N–H and O–H groups in total. The Morgan fingerprint density at radius 1 is 1.41 bits per heavy atom. The maximum atomic E-state index is 5.92. The van der Waals surface area contributed by atoms with Gasteiger partial charge < -0.3 is 9.73 Å². The van der Waals surface area contributed by atoms with Gasteiger partial charge in [-0.05, 0) is 60.3 Å². The lowest BCUT2D eigenvalue weighted by Gasteiger charge is -2.02. The van der Waals surface area contributed by atoms with Gasteiger partial charge in [0.05, 0.1) is 10.5 Å². The molecule has 1 aromatic heterocycles. The van der Waals surface area contributed by atoms with Crippen LogP contribution in [0.3, 0.4) is 0 Å². The SMILES string of the molecule is Cc1cc(C)c2nc(C3CCCN3)oc2c1Br. The summed E-state index contributed by atoms with van der Waals surface area (Å²) < 4.78 is 6.95.